The topological polar surface area (TPSA) is 74.5 Å². The van der Waals surface area contributed by atoms with Crippen LogP contribution >= 0.6 is 0 Å². The van der Waals surface area contributed by atoms with Crippen molar-refractivity contribution in [3.05, 3.63) is 54.1 Å². The molecule has 0 saturated heterocycles. The first-order valence-corrected chi connectivity index (χ1v) is 9.70. The minimum absolute atomic E-state index is 0.102. The van der Waals surface area contributed by atoms with Gasteiger partial charge in [0.05, 0.1) is 12.5 Å². The maximum Gasteiger partial charge on any atom is 0.573 e. The van der Waals surface area contributed by atoms with Crippen LogP contribution in [-0.2, 0) is 11.2 Å². The predicted molar refractivity (Wildman–Crippen MR) is 117 cm³/mol. The maximum atomic E-state index is 12.2. The summed E-state index contributed by atoms with van der Waals surface area (Å²) in [5.41, 5.74) is 1.18. The molecule has 8 heteroatoms. The molecular weight excluding hydrogens is 407 g/mol. The van der Waals surface area contributed by atoms with Crippen molar-refractivity contribution in [2.45, 2.75) is 46.9 Å². The largest absolute Gasteiger partial charge is 0.573 e. The number of allylic oxidation sites excluding steroid dienone is 2. The molecule has 0 aliphatic heterocycles. The fourth-order valence-corrected chi connectivity index (χ4v) is 2.38. The number of carbonyl (C=O) groups is 1. The molecule has 1 rings (SSSR count). The summed E-state index contributed by atoms with van der Waals surface area (Å²) in [6, 6.07) is 7.46. The fraction of sp³-hybridized carbons (Fsp3) is 0.435. The van der Waals surface area contributed by atoms with Gasteiger partial charge in [0.1, 0.15) is 11.6 Å². The molecule has 1 aromatic carbocycles. The molecule has 170 valence electrons. The smallest absolute Gasteiger partial charge is 0.406 e. The number of hydrogen-bond acceptors (Lipinski definition) is 4. The third kappa shape index (κ3) is 15.4. The van der Waals surface area contributed by atoms with E-state index >= 15 is 0 Å². The lowest BCUT2D eigenvalue weighted by molar-refractivity contribution is -0.274. The standard InChI is InChI=1S/C16H17F3N2O2.C7H13N/c1-11(2)7-8-14(20-3)21-15(22)10-12-5-4-6-13(9-12)23-16(17,18)19;1-6(2)4-7(3)5-8/h4-9H,1,10H2,2-3H3,(H,20,21,22);6-7H,4H2,1-3H3/b8-7-;. The van der Waals surface area contributed by atoms with Crippen LogP contribution in [0.2, 0.25) is 0 Å². The Balaban J connectivity index is 0.000000954. The molecule has 0 saturated carbocycles. The van der Waals surface area contributed by atoms with Gasteiger partial charge in [0.2, 0.25) is 5.91 Å². The molecule has 0 fully saturated rings. The quantitative estimate of drug-likeness (QED) is 0.343. The predicted octanol–water partition coefficient (Wildman–Crippen LogP) is 5.60. The molecule has 0 aromatic heterocycles. The molecule has 1 unspecified atom stereocenters. The molecule has 1 N–H and O–H groups in total. The highest BCUT2D eigenvalue weighted by Gasteiger charge is 2.31. The zero-order chi connectivity index (χ0) is 24.0. The lowest BCUT2D eigenvalue weighted by Gasteiger charge is -2.10. The minimum Gasteiger partial charge on any atom is -0.406 e. The van der Waals surface area contributed by atoms with Crippen LogP contribution in [0.15, 0.2) is 53.6 Å². The van der Waals surface area contributed by atoms with Crippen molar-refractivity contribution >= 4 is 11.7 Å². The second-order valence-electron chi connectivity index (χ2n) is 7.37. The summed E-state index contributed by atoms with van der Waals surface area (Å²) in [5.74, 6) is 0.454. The number of nitrogens with zero attached hydrogens (tertiary/aromatic N) is 2. The molecule has 0 heterocycles. The van der Waals surface area contributed by atoms with Gasteiger partial charge in [0.25, 0.3) is 0 Å². The highest BCUT2D eigenvalue weighted by Crippen LogP contribution is 2.23. The van der Waals surface area contributed by atoms with Crippen LogP contribution in [0.25, 0.3) is 0 Å². The number of benzene rings is 1. The molecule has 0 aliphatic rings. The van der Waals surface area contributed by atoms with Crippen molar-refractivity contribution in [2.24, 2.45) is 16.8 Å². The summed E-state index contributed by atoms with van der Waals surface area (Å²) >= 11 is 0. The van der Waals surface area contributed by atoms with Crippen LogP contribution in [0.5, 0.6) is 5.75 Å². The van der Waals surface area contributed by atoms with Gasteiger partial charge in [-0.15, -0.1) is 13.2 Å². The number of amidine groups is 1. The van der Waals surface area contributed by atoms with E-state index in [1.807, 2.05) is 6.92 Å². The molecule has 1 aromatic rings. The molecular formula is C23H30F3N3O2. The number of alkyl halides is 3. The summed E-state index contributed by atoms with van der Waals surface area (Å²) in [6.07, 6.45) is -0.578. The summed E-state index contributed by atoms with van der Waals surface area (Å²) in [5, 5.41) is 10.9. The van der Waals surface area contributed by atoms with Crippen molar-refractivity contribution in [1.82, 2.24) is 5.32 Å². The van der Waals surface area contributed by atoms with E-state index in [1.54, 1.807) is 19.1 Å². The monoisotopic (exact) mass is 437 g/mol. The lowest BCUT2D eigenvalue weighted by Crippen LogP contribution is -2.30. The van der Waals surface area contributed by atoms with Crippen LogP contribution in [0.4, 0.5) is 13.2 Å². The van der Waals surface area contributed by atoms with E-state index in [0.717, 1.165) is 12.0 Å². The van der Waals surface area contributed by atoms with Gasteiger partial charge in [-0.2, -0.15) is 5.26 Å². The van der Waals surface area contributed by atoms with Crippen molar-refractivity contribution in [3.63, 3.8) is 0 Å². The highest BCUT2D eigenvalue weighted by molar-refractivity contribution is 6.04. The normalized spacial score (nSPS) is 12.6. The average molecular weight is 438 g/mol. The van der Waals surface area contributed by atoms with E-state index in [9.17, 15) is 18.0 Å². The Bertz CT molecular complexity index is 822. The molecule has 1 amide bonds. The molecule has 1 atom stereocenters. The first kappa shape index (κ1) is 27.9. The van der Waals surface area contributed by atoms with Gasteiger partial charge < -0.3 is 10.1 Å². The summed E-state index contributed by atoms with van der Waals surface area (Å²) in [6.45, 7) is 11.7. The number of nitriles is 1. The van der Waals surface area contributed by atoms with Gasteiger partial charge in [0, 0.05) is 13.0 Å². The van der Waals surface area contributed by atoms with E-state index in [1.165, 1.54) is 31.3 Å². The highest BCUT2D eigenvalue weighted by atomic mass is 19.4. The van der Waals surface area contributed by atoms with E-state index in [2.05, 4.69) is 41.5 Å². The van der Waals surface area contributed by atoms with Crippen molar-refractivity contribution < 1.29 is 22.7 Å². The van der Waals surface area contributed by atoms with Crippen molar-refractivity contribution in [2.75, 3.05) is 7.05 Å². The summed E-state index contributed by atoms with van der Waals surface area (Å²) in [7, 11) is 1.51. The van der Waals surface area contributed by atoms with Crippen LogP contribution < -0.4 is 10.1 Å². The van der Waals surface area contributed by atoms with E-state index in [-0.39, 0.29) is 18.1 Å². The third-order valence-corrected chi connectivity index (χ3v) is 3.58. The molecule has 0 radical (unpaired) electrons. The van der Waals surface area contributed by atoms with Crippen LogP contribution in [0.3, 0.4) is 0 Å². The Kier molecular flexibility index (Phi) is 12.6. The molecule has 0 bridgehead atoms. The van der Waals surface area contributed by atoms with E-state index < -0.39 is 12.3 Å². The number of amides is 1. The average Bonchev–Trinajstić information content (AvgIpc) is 2.63. The van der Waals surface area contributed by atoms with Crippen LogP contribution in [-0.4, -0.2) is 25.2 Å². The first-order valence-electron chi connectivity index (χ1n) is 9.70. The number of aliphatic imine (C=N–C) groups is 1. The number of rotatable bonds is 7. The zero-order valence-electron chi connectivity index (χ0n) is 18.6. The molecule has 31 heavy (non-hydrogen) atoms. The molecule has 0 aliphatic carbocycles. The maximum absolute atomic E-state index is 12.2. The van der Waals surface area contributed by atoms with Crippen LogP contribution in [0, 0.1) is 23.2 Å². The van der Waals surface area contributed by atoms with Crippen molar-refractivity contribution in [3.8, 4) is 11.8 Å². The van der Waals surface area contributed by atoms with Gasteiger partial charge in [-0.25, -0.2) is 0 Å². The Morgan fingerprint density at radius 2 is 1.97 bits per heavy atom. The minimum atomic E-state index is -4.77. The Hall–Kier alpha value is -3.08. The number of ether oxygens (including phenoxy) is 1. The van der Waals surface area contributed by atoms with Gasteiger partial charge in [-0.3, -0.25) is 9.79 Å². The van der Waals surface area contributed by atoms with Crippen molar-refractivity contribution in [1.29, 1.82) is 5.26 Å². The number of nitrogens with one attached hydrogen (secondary N) is 1. The number of carbonyl (C=O) groups excluding carboxylic acids is 1. The second-order valence-corrected chi connectivity index (χ2v) is 7.37. The third-order valence-electron chi connectivity index (χ3n) is 3.58. The van der Waals surface area contributed by atoms with Gasteiger partial charge in [0.15, 0.2) is 0 Å². The number of halogens is 3. The zero-order valence-corrected chi connectivity index (χ0v) is 18.6. The molecule has 0 spiro atoms. The summed E-state index contributed by atoms with van der Waals surface area (Å²) in [4.78, 5) is 15.8. The lowest BCUT2D eigenvalue weighted by atomic mass is 10.0. The van der Waals surface area contributed by atoms with E-state index in [0.29, 0.717) is 17.3 Å². The van der Waals surface area contributed by atoms with Gasteiger partial charge in [-0.1, -0.05) is 44.2 Å². The van der Waals surface area contributed by atoms with Crippen LogP contribution in [0.1, 0.15) is 39.7 Å². The Morgan fingerprint density at radius 1 is 1.32 bits per heavy atom. The fourth-order valence-electron chi connectivity index (χ4n) is 2.38. The second kappa shape index (κ2) is 14.0. The SMILES string of the molecule is C=C(C)/C=C\C(=NC)NC(=O)Cc1cccc(OC(F)(F)F)c1.CC(C)CC(C)C#N. The van der Waals surface area contributed by atoms with E-state index in [4.69, 9.17) is 5.26 Å². The first-order chi connectivity index (χ1) is 14.4. The molecule has 5 nitrogen and oxygen atoms in total. The number of hydrogen-bond donors (Lipinski definition) is 1. The summed E-state index contributed by atoms with van der Waals surface area (Å²) < 4.78 is 40.3. The van der Waals surface area contributed by atoms with Gasteiger partial charge >= 0.3 is 6.36 Å². The Labute approximate surface area is 182 Å². The van der Waals surface area contributed by atoms with Gasteiger partial charge in [-0.05, 0) is 50.0 Å². The Morgan fingerprint density at radius 3 is 2.42 bits per heavy atom.